The van der Waals surface area contributed by atoms with Gasteiger partial charge in [-0.05, 0) is 24.6 Å². The van der Waals surface area contributed by atoms with Gasteiger partial charge in [0, 0.05) is 12.1 Å². The van der Waals surface area contributed by atoms with Crippen molar-refractivity contribution in [1.82, 2.24) is 5.32 Å². The summed E-state index contributed by atoms with van der Waals surface area (Å²) in [4.78, 5) is 0. The van der Waals surface area contributed by atoms with Crippen molar-refractivity contribution in [2.24, 2.45) is 0 Å². The Labute approximate surface area is 90.2 Å². The van der Waals surface area contributed by atoms with Gasteiger partial charge in [0.2, 0.25) is 0 Å². The lowest BCUT2D eigenvalue weighted by molar-refractivity contribution is 0.753. The van der Waals surface area contributed by atoms with Crippen molar-refractivity contribution in [2.45, 2.75) is 19.8 Å². The van der Waals surface area contributed by atoms with E-state index in [9.17, 15) is 0 Å². The largest absolute Gasteiger partial charge is 0.397 e. The average Bonchev–Trinajstić information content (AvgIpc) is 2.22. The van der Waals surface area contributed by atoms with Gasteiger partial charge in [0.05, 0.1) is 11.4 Å². The quantitative estimate of drug-likeness (QED) is 0.261. The molecule has 0 atom stereocenters. The number of anilines is 2. The van der Waals surface area contributed by atoms with Gasteiger partial charge in [0.1, 0.15) is 5.84 Å². The van der Waals surface area contributed by atoms with Crippen LogP contribution >= 0.6 is 0 Å². The minimum Gasteiger partial charge on any atom is -0.397 e. The first-order valence-electron chi connectivity index (χ1n) is 5.13. The van der Waals surface area contributed by atoms with Crippen LogP contribution in [0.3, 0.4) is 0 Å². The van der Waals surface area contributed by atoms with Crippen molar-refractivity contribution >= 4 is 17.2 Å². The molecule has 0 aromatic heterocycles. The maximum atomic E-state index is 7.77. The fourth-order valence-electron chi connectivity index (χ4n) is 1.22. The SMILES string of the molecule is CCCCNC(=N)c1ccc(N)c(N)c1. The standard InChI is InChI=1S/C11H18N4/c1-2-3-6-15-11(14)8-4-5-9(12)10(13)7-8/h4-5,7H,2-3,6,12-13H2,1H3,(H2,14,15). The van der Waals surface area contributed by atoms with Gasteiger partial charge in [-0.1, -0.05) is 13.3 Å². The molecule has 0 aliphatic carbocycles. The van der Waals surface area contributed by atoms with Gasteiger partial charge < -0.3 is 16.8 Å². The lowest BCUT2D eigenvalue weighted by Gasteiger charge is -2.08. The van der Waals surface area contributed by atoms with E-state index in [-0.39, 0.29) is 0 Å². The van der Waals surface area contributed by atoms with E-state index in [1.807, 2.05) is 0 Å². The highest BCUT2D eigenvalue weighted by molar-refractivity contribution is 5.97. The molecule has 4 heteroatoms. The fourth-order valence-corrected chi connectivity index (χ4v) is 1.22. The van der Waals surface area contributed by atoms with Crippen LogP contribution in [-0.4, -0.2) is 12.4 Å². The van der Waals surface area contributed by atoms with Crippen LogP contribution < -0.4 is 16.8 Å². The molecule has 0 aliphatic rings. The minimum atomic E-state index is 0.398. The number of nitrogens with two attached hydrogens (primary N) is 2. The van der Waals surface area contributed by atoms with Crippen molar-refractivity contribution < 1.29 is 0 Å². The van der Waals surface area contributed by atoms with Crippen LogP contribution in [0.4, 0.5) is 11.4 Å². The molecule has 1 aromatic rings. The van der Waals surface area contributed by atoms with E-state index in [4.69, 9.17) is 16.9 Å². The van der Waals surface area contributed by atoms with Crippen molar-refractivity contribution in [3.05, 3.63) is 23.8 Å². The van der Waals surface area contributed by atoms with E-state index in [0.717, 1.165) is 24.9 Å². The van der Waals surface area contributed by atoms with E-state index in [1.54, 1.807) is 18.2 Å². The predicted molar refractivity (Wildman–Crippen MR) is 65.0 cm³/mol. The van der Waals surface area contributed by atoms with Crippen molar-refractivity contribution in [2.75, 3.05) is 18.0 Å². The Kier molecular flexibility index (Phi) is 3.97. The molecule has 0 amide bonds. The maximum absolute atomic E-state index is 7.77. The highest BCUT2D eigenvalue weighted by Gasteiger charge is 2.02. The summed E-state index contributed by atoms with van der Waals surface area (Å²) in [7, 11) is 0. The molecule has 0 bridgehead atoms. The summed E-state index contributed by atoms with van der Waals surface area (Å²) in [5, 5.41) is 10.8. The smallest absolute Gasteiger partial charge is 0.125 e. The zero-order chi connectivity index (χ0) is 11.3. The molecule has 15 heavy (non-hydrogen) atoms. The topological polar surface area (TPSA) is 87.9 Å². The lowest BCUT2D eigenvalue weighted by atomic mass is 10.1. The van der Waals surface area contributed by atoms with E-state index < -0.39 is 0 Å². The number of amidine groups is 1. The second-order valence-electron chi connectivity index (χ2n) is 3.50. The van der Waals surface area contributed by atoms with Crippen molar-refractivity contribution in [3.63, 3.8) is 0 Å². The van der Waals surface area contributed by atoms with Crippen LogP contribution in [0.25, 0.3) is 0 Å². The van der Waals surface area contributed by atoms with E-state index >= 15 is 0 Å². The molecular formula is C11H18N4. The summed E-state index contributed by atoms with van der Waals surface area (Å²) in [5.74, 6) is 0.398. The molecule has 1 rings (SSSR count). The van der Waals surface area contributed by atoms with Gasteiger partial charge in [-0.15, -0.1) is 0 Å². The van der Waals surface area contributed by atoms with Gasteiger partial charge in [-0.3, -0.25) is 5.41 Å². The number of nitrogen functional groups attached to an aromatic ring is 2. The third kappa shape index (κ3) is 3.16. The second-order valence-corrected chi connectivity index (χ2v) is 3.50. The number of unbranched alkanes of at least 4 members (excludes halogenated alkanes) is 1. The average molecular weight is 206 g/mol. The van der Waals surface area contributed by atoms with Gasteiger partial charge in [-0.2, -0.15) is 0 Å². The van der Waals surface area contributed by atoms with Gasteiger partial charge >= 0.3 is 0 Å². The first kappa shape index (κ1) is 11.4. The molecule has 0 radical (unpaired) electrons. The first-order valence-corrected chi connectivity index (χ1v) is 5.13. The van der Waals surface area contributed by atoms with Gasteiger partial charge in [-0.25, -0.2) is 0 Å². The molecule has 0 aliphatic heterocycles. The Morgan fingerprint density at radius 2 is 2.07 bits per heavy atom. The Bertz CT molecular complexity index is 346. The minimum absolute atomic E-state index is 0.398. The summed E-state index contributed by atoms with van der Waals surface area (Å²) in [5.41, 5.74) is 13.1. The lowest BCUT2D eigenvalue weighted by Crippen LogP contribution is -2.24. The Morgan fingerprint density at radius 3 is 2.67 bits per heavy atom. The van der Waals surface area contributed by atoms with E-state index in [0.29, 0.717) is 17.2 Å². The first-order chi connectivity index (χ1) is 7.15. The van der Waals surface area contributed by atoms with Crippen LogP contribution in [0.1, 0.15) is 25.3 Å². The molecule has 0 fully saturated rings. The van der Waals surface area contributed by atoms with Crippen LogP contribution in [0.15, 0.2) is 18.2 Å². The Morgan fingerprint density at radius 1 is 1.33 bits per heavy atom. The highest BCUT2D eigenvalue weighted by Crippen LogP contribution is 2.15. The number of hydrogen-bond acceptors (Lipinski definition) is 3. The maximum Gasteiger partial charge on any atom is 0.125 e. The molecule has 1 aromatic carbocycles. The fraction of sp³-hybridized carbons (Fsp3) is 0.364. The molecule has 0 spiro atoms. The summed E-state index contributed by atoms with van der Waals surface area (Å²) >= 11 is 0. The van der Waals surface area contributed by atoms with E-state index in [1.165, 1.54) is 0 Å². The predicted octanol–water partition coefficient (Wildman–Crippen LogP) is 1.57. The molecule has 0 heterocycles. The summed E-state index contributed by atoms with van der Waals surface area (Å²) in [6.45, 7) is 2.94. The molecule has 0 saturated carbocycles. The number of hydrogen-bond donors (Lipinski definition) is 4. The van der Waals surface area contributed by atoms with Crippen molar-refractivity contribution in [3.8, 4) is 0 Å². The molecular weight excluding hydrogens is 188 g/mol. The summed E-state index contributed by atoms with van der Waals surface area (Å²) in [6.07, 6.45) is 2.18. The third-order valence-electron chi connectivity index (χ3n) is 2.21. The monoisotopic (exact) mass is 206 g/mol. The molecule has 0 unspecified atom stereocenters. The van der Waals surface area contributed by atoms with Crippen LogP contribution in [0.5, 0.6) is 0 Å². The number of benzene rings is 1. The van der Waals surface area contributed by atoms with Crippen molar-refractivity contribution in [1.29, 1.82) is 5.41 Å². The molecule has 6 N–H and O–H groups in total. The normalized spacial score (nSPS) is 9.93. The summed E-state index contributed by atoms with van der Waals surface area (Å²) < 4.78 is 0. The zero-order valence-corrected chi connectivity index (χ0v) is 9.01. The number of nitrogens with one attached hydrogen (secondary N) is 2. The van der Waals surface area contributed by atoms with Gasteiger partial charge in [0.15, 0.2) is 0 Å². The zero-order valence-electron chi connectivity index (χ0n) is 9.01. The van der Waals surface area contributed by atoms with Crippen LogP contribution in [0.2, 0.25) is 0 Å². The Balaban J connectivity index is 2.62. The highest BCUT2D eigenvalue weighted by atomic mass is 14.9. The van der Waals surface area contributed by atoms with Gasteiger partial charge in [0.25, 0.3) is 0 Å². The molecule has 82 valence electrons. The third-order valence-corrected chi connectivity index (χ3v) is 2.21. The molecule has 0 saturated heterocycles. The Hall–Kier alpha value is -1.71. The number of rotatable bonds is 4. The molecule has 4 nitrogen and oxygen atoms in total. The van der Waals surface area contributed by atoms with Crippen LogP contribution in [0, 0.1) is 5.41 Å². The second kappa shape index (κ2) is 5.24. The summed E-state index contributed by atoms with van der Waals surface area (Å²) in [6, 6.07) is 5.24. The van der Waals surface area contributed by atoms with E-state index in [2.05, 4.69) is 12.2 Å². The van der Waals surface area contributed by atoms with Crippen LogP contribution in [-0.2, 0) is 0 Å².